The van der Waals surface area contributed by atoms with Gasteiger partial charge in [-0.1, -0.05) is 19.0 Å². The number of aryl methyl sites for hydroxylation is 1. The highest BCUT2D eigenvalue weighted by Gasteiger charge is 2.52. The zero-order valence-electron chi connectivity index (χ0n) is 9.47. The molecule has 0 saturated carbocycles. The van der Waals surface area contributed by atoms with Crippen molar-refractivity contribution in [3.05, 3.63) is 17.5 Å². The highest BCUT2D eigenvalue weighted by Crippen LogP contribution is 2.52. The topological polar surface area (TPSA) is 38.1 Å². The van der Waals surface area contributed by atoms with Crippen molar-refractivity contribution in [2.75, 3.05) is 13.1 Å². The van der Waals surface area contributed by atoms with E-state index in [-0.39, 0.29) is 5.41 Å². The van der Waals surface area contributed by atoms with E-state index in [0.717, 1.165) is 25.3 Å². The Bertz CT molecular complexity index is 375. The molecule has 0 aromatic carbocycles. The average Bonchev–Trinajstić information content (AvgIpc) is 2.83. The molecular weight excluding hydrogens is 188 g/mol. The fourth-order valence-corrected chi connectivity index (χ4v) is 3.36. The Morgan fingerprint density at radius 1 is 1.40 bits per heavy atom. The summed E-state index contributed by atoms with van der Waals surface area (Å²) in [6.07, 6.45) is 5.42. The summed E-state index contributed by atoms with van der Waals surface area (Å²) in [6.45, 7) is 6.97. The molecule has 1 spiro atoms. The van der Waals surface area contributed by atoms with Crippen LogP contribution in [0.25, 0.3) is 0 Å². The minimum absolute atomic E-state index is 0.264. The van der Waals surface area contributed by atoms with Gasteiger partial charge >= 0.3 is 0 Å². The summed E-state index contributed by atoms with van der Waals surface area (Å²) in [5.74, 6) is 1.12. The normalized spacial score (nSPS) is 33.2. The Kier molecular flexibility index (Phi) is 1.78. The predicted octanol–water partition coefficient (Wildman–Crippen LogP) is 1.88. The number of hydrogen-bond donors (Lipinski definition) is 1. The zero-order valence-corrected chi connectivity index (χ0v) is 9.47. The van der Waals surface area contributed by atoms with Gasteiger partial charge in [-0.15, -0.1) is 0 Å². The average molecular weight is 206 g/mol. The second-order valence-electron chi connectivity index (χ2n) is 5.56. The van der Waals surface area contributed by atoms with E-state index in [1.807, 2.05) is 6.20 Å². The van der Waals surface area contributed by atoms with Crippen LogP contribution in [-0.4, -0.2) is 18.2 Å². The molecule has 1 aromatic heterocycles. The lowest BCUT2D eigenvalue weighted by Gasteiger charge is -2.46. The smallest absolute Gasteiger partial charge is 0.140 e. The Morgan fingerprint density at radius 2 is 2.27 bits per heavy atom. The molecule has 2 heterocycles. The van der Waals surface area contributed by atoms with Crippen molar-refractivity contribution in [2.45, 2.75) is 38.5 Å². The van der Waals surface area contributed by atoms with Crippen molar-refractivity contribution < 1.29 is 4.52 Å². The fourth-order valence-electron chi connectivity index (χ4n) is 3.36. The van der Waals surface area contributed by atoms with Crippen LogP contribution in [0.2, 0.25) is 0 Å². The van der Waals surface area contributed by atoms with Gasteiger partial charge in [-0.25, -0.2) is 0 Å². The van der Waals surface area contributed by atoms with Crippen molar-refractivity contribution in [1.82, 2.24) is 10.5 Å². The summed E-state index contributed by atoms with van der Waals surface area (Å²) in [4.78, 5) is 0. The SMILES string of the molecule is CC1(C)CCc2oncc2C12CCNC2. The van der Waals surface area contributed by atoms with E-state index >= 15 is 0 Å². The van der Waals surface area contributed by atoms with E-state index in [2.05, 4.69) is 24.3 Å². The predicted molar refractivity (Wildman–Crippen MR) is 57.8 cm³/mol. The Labute approximate surface area is 90.2 Å². The Balaban J connectivity index is 2.16. The molecule has 1 aliphatic heterocycles. The maximum Gasteiger partial charge on any atom is 0.140 e. The van der Waals surface area contributed by atoms with E-state index in [1.165, 1.54) is 18.4 Å². The summed E-state index contributed by atoms with van der Waals surface area (Å²) >= 11 is 0. The molecule has 0 radical (unpaired) electrons. The highest BCUT2D eigenvalue weighted by molar-refractivity contribution is 5.34. The molecule has 0 amide bonds. The number of hydrogen-bond acceptors (Lipinski definition) is 3. The Morgan fingerprint density at radius 3 is 3.00 bits per heavy atom. The number of rotatable bonds is 0. The van der Waals surface area contributed by atoms with Crippen molar-refractivity contribution >= 4 is 0 Å². The highest BCUT2D eigenvalue weighted by atomic mass is 16.5. The van der Waals surface area contributed by atoms with Gasteiger partial charge in [0, 0.05) is 23.9 Å². The molecule has 1 atom stereocenters. The summed E-state index contributed by atoms with van der Waals surface area (Å²) in [6, 6.07) is 0. The first-order valence-electron chi connectivity index (χ1n) is 5.80. The number of aromatic nitrogens is 1. The fraction of sp³-hybridized carbons (Fsp3) is 0.750. The van der Waals surface area contributed by atoms with Crippen LogP contribution in [0.1, 0.15) is 38.0 Å². The molecule has 82 valence electrons. The van der Waals surface area contributed by atoms with Gasteiger partial charge in [-0.2, -0.15) is 0 Å². The first-order chi connectivity index (χ1) is 7.16. The van der Waals surface area contributed by atoms with Crippen LogP contribution in [0.15, 0.2) is 10.7 Å². The monoisotopic (exact) mass is 206 g/mol. The van der Waals surface area contributed by atoms with Gasteiger partial charge in [0.2, 0.25) is 0 Å². The standard InChI is InChI=1S/C12H18N2O/c1-11(2)4-3-10-9(7-14-15-10)12(11)5-6-13-8-12/h7,13H,3-6,8H2,1-2H3. The van der Waals surface area contributed by atoms with Gasteiger partial charge in [-0.05, 0) is 24.8 Å². The Hall–Kier alpha value is -0.830. The van der Waals surface area contributed by atoms with E-state index in [0.29, 0.717) is 5.41 Å². The summed E-state index contributed by atoms with van der Waals surface area (Å²) in [5.41, 5.74) is 1.99. The third-order valence-corrected chi connectivity index (χ3v) is 4.59. The second-order valence-corrected chi connectivity index (χ2v) is 5.56. The van der Waals surface area contributed by atoms with Gasteiger partial charge in [0.15, 0.2) is 0 Å². The van der Waals surface area contributed by atoms with Crippen LogP contribution in [0.4, 0.5) is 0 Å². The van der Waals surface area contributed by atoms with Crippen molar-refractivity contribution in [2.24, 2.45) is 5.41 Å². The van der Waals surface area contributed by atoms with Crippen molar-refractivity contribution in [3.8, 4) is 0 Å². The van der Waals surface area contributed by atoms with Crippen LogP contribution < -0.4 is 5.32 Å². The molecule has 1 aliphatic carbocycles. The number of nitrogens with zero attached hydrogens (tertiary/aromatic N) is 1. The molecule has 3 rings (SSSR count). The lowest BCUT2D eigenvalue weighted by atomic mass is 9.56. The second kappa shape index (κ2) is 2.85. The maximum absolute atomic E-state index is 5.36. The molecule has 1 unspecified atom stereocenters. The number of fused-ring (bicyclic) bond motifs is 2. The third-order valence-electron chi connectivity index (χ3n) is 4.59. The van der Waals surface area contributed by atoms with Crippen molar-refractivity contribution in [3.63, 3.8) is 0 Å². The molecule has 15 heavy (non-hydrogen) atoms. The van der Waals surface area contributed by atoms with Gasteiger partial charge in [0.05, 0.1) is 6.20 Å². The molecule has 1 fully saturated rings. The van der Waals surface area contributed by atoms with Gasteiger partial charge in [0.1, 0.15) is 5.76 Å². The van der Waals surface area contributed by atoms with Crippen LogP contribution >= 0.6 is 0 Å². The van der Waals surface area contributed by atoms with Gasteiger partial charge in [-0.3, -0.25) is 0 Å². The lowest BCUT2D eigenvalue weighted by molar-refractivity contribution is 0.138. The minimum atomic E-state index is 0.264. The largest absolute Gasteiger partial charge is 0.361 e. The molecule has 1 aromatic rings. The molecule has 1 saturated heterocycles. The van der Waals surface area contributed by atoms with Crippen LogP contribution in [0.5, 0.6) is 0 Å². The van der Waals surface area contributed by atoms with Gasteiger partial charge < -0.3 is 9.84 Å². The quantitative estimate of drug-likeness (QED) is 0.704. The minimum Gasteiger partial charge on any atom is -0.361 e. The summed E-state index contributed by atoms with van der Waals surface area (Å²) < 4.78 is 5.36. The van der Waals surface area contributed by atoms with Crippen LogP contribution in [-0.2, 0) is 11.8 Å². The van der Waals surface area contributed by atoms with E-state index in [4.69, 9.17) is 4.52 Å². The molecule has 0 bridgehead atoms. The van der Waals surface area contributed by atoms with Crippen LogP contribution in [0, 0.1) is 5.41 Å². The van der Waals surface area contributed by atoms with Gasteiger partial charge in [0.25, 0.3) is 0 Å². The first kappa shape index (κ1) is 9.40. The molecule has 2 aliphatic rings. The molecular formula is C12H18N2O. The molecule has 3 nitrogen and oxygen atoms in total. The zero-order chi connectivity index (χ0) is 10.5. The number of nitrogens with one attached hydrogen (secondary N) is 1. The summed E-state index contributed by atoms with van der Waals surface area (Å²) in [7, 11) is 0. The summed E-state index contributed by atoms with van der Waals surface area (Å²) in [5, 5.41) is 7.49. The maximum atomic E-state index is 5.36. The van der Waals surface area contributed by atoms with Crippen molar-refractivity contribution in [1.29, 1.82) is 0 Å². The van der Waals surface area contributed by atoms with Crippen LogP contribution in [0.3, 0.4) is 0 Å². The lowest BCUT2D eigenvalue weighted by Crippen LogP contribution is -2.46. The third kappa shape index (κ3) is 1.07. The van der Waals surface area contributed by atoms with E-state index in [1.54, 1.807) is 0 Å². The molecule has 3 heteroatoms. The first-order valence-corrected chi connectivity index (χ1v) is 5.80. The van der Waals surface area contributed by atoms with E-state index < -0.39 is 0 Å². The molecule has 1 N–H and O–H groups in total. The van der Waals surface area contributed by atoms with E-state index in [9.17, 15) is 0 Å².